The first-order valence-corrected chi connectivity index (χ1v) is 8.43. The number of amides is 1. The molecule has 0 atom stereocenters. The summed E-state index contributed by atoms with van der Waals surface area (Å²) in [6.07, 6.45) is 0. The van der Waals surface area contributed by atoms with E-state index >= 15 is 0 Å². The van der Waals surface area contributed by atoms with Crippen LogP contribution in [0.3, 0.4) is 0 Å². The molecule has 1 aromatic heterocycles. The monoisotopic (exact) mass is 388 g/mol. The Balaban J connectivity index is 1.67. The number of nitrogens with one attached hydrogen (secondary N) is 1. The number of aromatic nitrogens is 1. The van der Waals surface area contributed by atoms with Crippen LogP contribution in [0.1, 0.15) is 27.4 Å². The fraction of sp³-hybridized carbons (Fsp3) is 0.200. The van der Waals surface area contributed by atoms with Crippen molar-refractivity contribution >= 4 is 11.6 Å². The van der Waals surface area contributed by atoms with Crippen LogP contribution in [0.15, 0.2) is 53.1 Å². The van der Waals surface area contributed by atoms with Crippen molar-refractivity contribution in [1.29, 1.82) is 0 Å². The van der Waals surface area contributed by atoms with Gasteiger partial charge < -0.3 is 19.3 Å². The number of hydrogen-bond acceptors (Lipinski definition) is 5. The van der Waals surface area contributed by atoms with E-state index in [1.54, 1.807) is 6.92 Å². The van der Waals surface area contributed by atoms with E-state index in [0.29, 0.717) is 22.8 Å². The molecule has 146 valence electrons. The Kier molecular flexibility index (Phi) is 5.88. The molecule has 8 heteroatoms. The van der Waals surface area contributed by atoms with Gasteiger partial charge >= 0.3 is 6.61 Å². The Bertz CT molecular complexity index is 938. The number of nitrogens with zero attached hydrogens (tertiary/aromatic N) is 1. The summed E-state index contributed by atoms with van der Waals surface area (Å²) in [6.45, 7) is 0.869. The standard InChI is InChI=1S/C20H18F2N2O4/c1-12-3-7-15(8-4-12)26-11-17-13(2)28-24-18(17)19(25)23-14-5-9-16(10-6-14)27-20(21)22/h3-10,20H,11H2,1-2H3,(H,23,25). The minimum absolute atomic E-state index is 0.00235. The van der Waals surface area contributed by atoms with E-state index < -0.39 is 12.5 Å². The summed E-state index contributed by atoms with van der Waals surface area (Å²) < 4.78 is 39.5. The third kappa shape index (κ3) is 4.85. The van der Waals surface area contributed by atoms with E-state index in [-0.39, 0.29) is 18.1 Å². The SMILES string of the molecule is Cc1ccc(OCc2c(C(=O)Nc3ccc(OC(F)F)cc3)noc2C)cc1. The van der Waals surface area contributed by atoms with Crippen LogP contribution in [-0.4, -0.2) is 17.7 Å². The van der Waals surface area contributed by atoms with Crippen LogP contribution in [0, 0.1) is 13.8 Å². The number of benzene rings is 2. The highest BCUT2D eigenvalue weighted by atomic mass is 19.3. The summed E-state index contributed by atoms with van der Waals surface area (Å²) in [5, 5.41) is 6.44. The largest absolute Gasteiger partial charge is 0.489 e. The van der Waals surface area contributed by atoms with Crippen molar-refractivity contribution in [2.75, 3.05) is 5.32 Å². The first kappa shape index (κ1) is 19.3. The van der Waals surface area contributed by atoms with Crippen molar-refractivity contribution in [3.05, 3.63) is 71.1 Å². The number of hydrogen-bond donors (Lipinski definition) is 1. The molecule has 0 aliphatic rings. The van der Waals surface area contributed by atoms with Crippen LogP contribution in [-0.2, 0) is 6.61 Å². The van der Waals surface area contributed by atoms with E-state index in [1.165, 1.54) is 24.3 Å². The summed E-state index contributed by atoms with van der Waals surface area (Å²) >= 11 is 0. The smallest absolute Gasteiger partial charge is 0.387 e. The number of rotatable bonds is 7. The zero-order chi connectivity index (χ0) is 20.1. The van der Waals surface area contributed by atoms with Crippen molar-refractivity contribution in [3.63, 3.8) is 0 Å². The average Bonchev–Trinajstić information content (AvgIpc) is 3.03. The predicted octanol–water partition coefficient (Wildman–Crippen LogP) is 4.72. The van der Waals surface area contributed by atoms with Crippen LogP contribution >= 0.6 is 0 Å². The van der Waals surface area contributed by atoms with Gasteiger partial charge in [-0.1, -0.05) is 22.9 Å². The molecule has 0 fully saturated rings. The van der Waals surface area contributed by atoms with Crippen molar-refractivity contribution < 1.29 is 27.6 Å². The fourth-order valence-corrected chi connectivity index (χ4v) is 2.44. The molecule has 0 saturated carbocycles. The zero-order valence-electron chi connectivity index (χ0n) is 15.2. The highest BCUT2D eigenvalue weighted by Crippen LogP contribution is 2.21. The molecular formula is C20H18F2N2O4. The van der Waals surface area contributed by atoms with E-state index in [2.05, 4.69) is 15.2 Å². The number of aryl methyl sites for hydroxylation is 2. The lowest BCUT2D eigenvalue weighted by atomic mass is 10.2. The molecule has 1 N–H and O–H groups in total. The molecule has 0 spiro atoms. The number of carbonyl (C=O) groups is 1. The lowest BCUT2D eigenvalue weighted by Crippen LogP contribution is -2.15. The molecule has 6 nitrogen and oxygen atoms in total. The molecule has 0 aliphatic carbocycles. The minimum Gasteiger partial charge on any atom is -0.489 e. The minimum atomic E-state index is -2.91. The third-order valence-electron chi connectivity index (χ3n) is 3.94. The number of anilines is 1. The summed E-state index contributed by atoms with van der Waals surface area (Å²) in [4.78, 5) is 12.5. The van der Waals surface area contributed by atoms with Gasteiger partial charge in [0.25, 0.3) is 5.91 Å². The topological polar surface area (TPSA) is 73.6 Å². The maximum atomic E-state index is 12.5. The number of halogens is 2. The highest BCUT2D eigenvalue weighted by Gasteiger charge is 2.20. The van der Waals surface area contributed by atoms with E-state index in [4.69, 9.17) is 9.26 Å². The van der Waals surface area contributed by atoms with Gasteiger partial charge in [-0.05, 0) is 50.2 Å². The van der Waals surface area contributed by atoms with Crippen LogP contribution in [0.4, 0.5) is 14.5 Å². The molecule has 3 rings (SSSR count). The maximum Gasteiger partial charge on any atom is 0.387 e. The second-order valence-corrected chi connectivity index (χ2v) is 6.02. The average molecular weight is 388 g/mol. The summed E-state index contributed by atoms with van der Waals surface area (Å²) in [5.41, 5.74) is 2.13. The second-order valence-electron chi connectivity index (χ2n) is 6.02. The highest BCUT2D eigenvalue weighted by molar-refractivity contribution is 6.03. The molecule has 0 saturated heterocycles. The molecule has 0 radical (unpaired) electrons. The fourth-order valence-electron chi connectivity index (χ4n) is 2.44. The molecule has 0 unspecified atom stereocenters. The first-order chi connectivity index (χ1) is 13.4. The van der Waals surface area contributed by atoms with Crippen molar-refractivity contribution in [1.82, 2.24) is 5.16 Å². The Morgan fingerprint density at radius 1 is 1.07 bits per heavy atom. The van der Waals surface area contributed by atoms with Crippen LogP contribution < -0.4 is 14.8 Å². The molecule has 1 heterocycles. The molecule has 0 bridgehead atoms. The summed E-state index contributed by atoms with van der Waals surface area (Å²) in [6, 6.07) is 13.1. The molecule has 0 aliphatic heterocycles. The van der Waals surface area contributed by atoms with Crippen LogP contribution in [0.5, 0.6) is 11.5 Å². The van der Waals surface area contributed by atoms with Crippen LogP contribution in [0.25, 0.3) is 0 Å². The van der Waals surface area contributed by atoms with Gasteiger partial charge in [0.2, 0.25) is 0 Å². The molecular weight excluding hydrogens is 370 g/mol. The van der Waals surface area contributed by atoms with Gasteiger partial charge in [0.05, 0.1) is 5.56 Å². The number of ether oxygens (including phenoxy) is 2. The van der Waals surface area contributed by atoms with Gasteiger partial charge in [-0.2, -0.15) is 8.78 Å². The first-order valence-electron chi connectivity index (χ1n) is 8.43. The Hall–Kier alpha value is -3.42. The summed E-state index contributed by atoms with van der Waals surface area (Å²) in [5.74, 6) is 0.629. The zero-order valence-corrected chi connectivity index (χ0v) is 15.2. The lowest BCUT2D eigenvalue weighted by Gasteiger charge is -2.08. The maximum absolute atomic E-state index is 12.5. The van der Waals surface area contributed by atoms with Crippen molar-refractivity contribution in [2.24, 2.45) is 0 Å². The van der Waals surface area contributed by atoms with Gasteiger partial charge in [0.1, 0.15) is 23.9 Å². The van der Waals surface area contributed by atoms with E-state index in [0.717, 1.165) is 5.56 Å². The molecule has 1 amide bonds. The van der Waals surface area contributed by atoms with Gasteiger partial charge in [0.15, 0.2) is 5.69 Å². The molecule has 28 heavy (non-hydrogen) atoms. The van der Waals surface area contributed by atoms with Crippen molar-refractivity contribution in [2.45, 2.75) is 27.1 Å². The third-order valence-corrected chi connectivity index (χ3v) is 3.94. The van der Waals surface area contributed by atoms with Gasteiger partial charge in [-0.3, -0.25) is 4.79 Å². The molecule has 2 aromatic carbocycles. The summed E-state index contributed by atoms with van der Waals surface area (Å²) in [7, 11) is 0. The van der Waals surface area contributed by atoms with Gasteiger partial charge in [-0.25, -0.2) is 0 Å². The number of carbonyl (C=O) groups excluding carboxylic acids is 1. The Morgan fingerprint density at radius 2 is 1.71 bits per heavy atom. The van der Waals surface area contributed by atoms with E-state index in [9.17, 15) is 13.6 Å². The Labute approximate surface area is 160 Å². The molecule has 3 aromatic rings. The number of alkyl halides is 2. The predicted molar refractivity (Wildman–Crippen MR) is 97.8 cm³/mol. The second kappa shape index (κ2) is 8.51. The van der Waals surface area contributed by atoms with E-state index in [1.807, 2.05) is 31.2 Å². The van der Waals surface area contributed by atoms with Crippen LogP contribution in [0.2, 0.25) is 0 Å². The van der Waals surface area contributed by atoms with Crippen molar-refractivity contribution in [3.8, 4) is 11.5 Å². The Morgan fingerprint density at radius 3 is 2.36 bits per heavy atom. The quantitative estimate of drug-likeness (QED) is 0.634. The lowest BCUT2D eigenvalue weighted by molar-refractivity contribution is -0.0498. The van der Waals surface area contributed by atoms with Gasteiger partial charge in [0, 0.05) is 5.69 Å². The van der Waals surface area contributed by atoms with Gasteiger partial charge in [-0.15, -0.1) is 0 Å². The normalized spacial score (nSPS) is 10.8.